The normalized spacial score (nSPS) is 17.9. The van der Waals surface area contributed by atoms with Gasteiger partial charge in [-0.15, -0.1) is 0 Å². The summed E-state index contributed by atoms with van der Waals surface area (Å²) in [5.74, 6) is -1.52. The first-order valence-corrected chi connectivity index (χ1v) is 6.24. The fourth-order valence-corrected chi connectivity index (χ4v) is 2.61. The van der Waals surface area contributed by atoms with Gasteiger partial charge in [-0.2, -0.15) is 0 Å². The van der Waals surface area contributed by atoms with Crippen molar-refractivity contribution in [2.45, 2.75) is 44.1 Å². The van der Waals surface area contributed by atoms with Gasteiger partial charge in [0.15, 0.2) is 0 Å². The van der Waals surface area contributed by atoms with Gasteiger partial charge < -0.3 is 5.73 Å². The van der Waals surface area contributed by atoms with Crippen LogP contribution in [0, 0.1) is 11.6 Å². The lowest BCUT2D eigenvalue weighted by Gasteiger charge is -2.22. The molecule has 2 N–H and O–H groups in total. The number of hydrogen-bond acceptors (Lipinski definition) is 2. The first kappa shape index (κ1) is 13.1. The highest BCUT2D eigenvalue weighted by atomic mass is 19.1. The number of benzene rings is 1. The highest BCUT2D eigenvalue weighted by Gasteiger charge is 2.31. The van der Waals surface area contributed by atoms with Gasteiger partial charge in [-0.1, -0.05) is 18.9 Å². The van der Waals surface area contributed by atoms with Crippen molar-refractivity contribution in [3.8, 4) is 0 Å². The van der Waals surface area contributed by atoms with Crippen molar-refractivity contribution in [2.24, 2.45) is 5.73 Å². The average molecular weight is 253 g/mol. The molecular formula is C14H17F2NO. The molecule has 0 atom stereocenters. The van der Waals surface area contributed by atoms with Gasteiger partial charge in [-0.25, -0.2) is 8.78 Å². The first-order chi connectivity index (χ1) is 8.50. The van der Waals surface area contributed by atoms with E-state index in [9.17, 15) is 13.6 Å². The summed E-state index contributed by atoms with van der Waals surface area (Å²) in [6, 6.07) is 3.62. The van der Waals surface area contributed by atoms with Gasteiger partial charge in [-0.3, -0.25) is 4.79 Å². The maximum absolute atomic E-state index is 13.4. The van der Waals surface area contributed by atoms with E-state index >= 15 is 0 Å². The molecule has 1 aliphatic carbocycles. The van der Waals surface area contributed by atoms with Crippen LogP contribution in [-0.4, -0.2) is 11.3 Å². The van der Waals surface area contributed by atoms with Crippen LogP contribution in [0.3, 0.4) is 0 Å². The van der Waals surface area contributed by atoms with Crippen LogP contribution in [0.1, 0.15) is 37.7 Å². The molecule has 18 heavy (non-hydrogen) atoms. The van der Waals surface area contributed by atoms with Crippen LogP contribution >= 0.6 is 0 Å². The smallest absolute Gasteiger partial charge is 0.139 e. The fraction of sp³-hybridized carbons (Fsp3) is 0.500. The van der Waals surface area contributed by atoms with Gasteiger partial charge in [0.25, 0.3) is 0 Å². The summed E-state index contributed by atoms with van der Waals surface area (Å²) in [5, 5.41) is 0. The molecule has 2 nitrogen and oxygen atoms in total. The highest BCUT2D eigenvalue weighted by Crippen LogP contribution is 2.30. The molecule has 0 spiro atoms. The Labute approximate surface area is 105 Å². The molecule has 0 unspecified atom stereocenters. The van der Waals surface area contributed by atoms with E-state index in [1.54, 1.807) is 0 Å². The largest absolute Gasteiger partial charge is 0.325 e. The molecule has 0 radical (unpaired) electrons. The molecule has 1 aliphatic rings. The number of halogens is 2. The number of nitrogens with two attached hydrogens (primary N) is 1. The van der Waals surface area contributed by atoms with E-state index in [2.05, 4.69) is 0 Å². The topological polar surface area (TPSA) is 43.1 Å². The highest BCUT2D eigenvalue weighted by molar-refractivity contribution is 5.82. The van der Waals surface area contributed by atoms with Gasteiger partial charge in [0.1, 0.15) is 17.4 Å². The molecular weight excluding hydrogens is 236 g/mol. The monoisotopic (exact) mass is 253 g/mol. The molecule has 1 aromatic carbocycles. The lowest BCUT2D eigenvalue weighted by atomic mass is 9.90. The van der Waals surface area contributed by atoms with Crippen molar-refractivity contribution in [3.63, 3.8) is 0 Å². The molecule has 0 saturated heterocycles. The zero-order chi connectivity index (χ0) is 13.2. The lowest BCUT2D eigenvalue weighted by molar-refractivity contribution is -0.119. The van der Waals surface area contributed by atoms with Crippen LogP contribution in [0.4, 0.5) is 8.78 Å². The van der Waals surface area contributed by atoms with Crippen molar-refractivity contribution < 1.29 is 13.6 Å². The number of carbonyl (C=O) groups is 1. The molecule has 4 heteroatoms. The van der Waals surface area contributed by atoms with E-state index in [-0.39, 0.29) is 24.2 Å². The standard InChI is InChI=1S/C14H17F2NO/c15-12-4-3-5-13(16)11(12)8-10(18)9-14(17)6-1-2-7-14/h3-5H,1-2,6-9,17H2. The molecule has 98 valence electrons. The van der Waals surface area contributed by atoms with Gasteiger partial charge >= 0.3 is 0 Å². The zero-order valence-electron chi connectivity index (χ0n) is 10.2. The molecule has 1 aromatic rings. The van der Waals surface area contributed by atoms with Crippen LogP contribution in [0.15, 0.2) is 18.2 Å². The third-order valence-electron chi connectivity index (χ3n) is 3.58. The summed E-state index contributed by atoms with van der Waals surface area (Å²) < 4.78 is 26.8. The molecule has 1 fully saturated rings. The fourth-order valence-electron chi connectivity index (χ4n) is 2.61. The third-order valence-corrected chi connectivity index (χ3v) is 3.58. The maximum Gasteiger partial charge on any atom is 0.139 e. The Balaban J connectivity index is 2.03. The minimum absolute atomic E-state index is 0.149. The molecule has 0 aromatic heterocycles. The van der Waals surface area contributed by atoms with E-state index in [1.807, 2.05) is 0 Å². The molecule has 1 saturated carbocycles. The van der Waals surface area contributed by atoms with Crippen LogP contribution < -0.4 is 5.73 Å². The summed E-state index contributed by atoms with van der Waals surface area (Å²) in [7, 11) is 0. The van der Waals surface area contributed by atoms with Gasteiger partial charge in [-0.05, 0) is 25.0 Å². The predicted octanol–water partition coefficient (Wildman–Crippen LogP) is 2.74. The van der Waals surface area contributed by atoms with Crippen LogP contribution in [0.2, 0.25) is 0 Å². The van der Waals surface area contributed by atoms with Crippen LogP contribution in [0.25, 0.3) is 0 Å². The summed E-state index contributed by atoms with van der Waals surface area (Å²) >= 11 is 0. The second-order valence-corrected chi connectivity index (χ2v) is 5.16. The van der Waals surface area contributed by atoms with Crippen molar-refractivity contribution in [1.82, 2.24) is 0 Å². The quantitative estimate of drug-likeness (QED) is 0.896. The van der Waals surface area contributed by atoms with E-state index < -0.39 is 17.2 Å². The van der Waals surface area contributed by atoms with Crippen molar-refractivity contribution >= 4 is 5.78 Å². The van der Waals surface area contributed by atoms with E-state index in [1.165, 1.54) is 18.2 Å². The van der Waals surface area contributed by atoms with E-state index in [0.29, 0.717) is 0 Å². The lowest BCUT2D eigenvalue weighted by Crippen LogP contribution is -2.39. The van der Waals surface area contributed by atoms with Gasteiger partial charge in [0.2, 0.25) is 0 Å². The number of hydrogen-bond donors (Lipinski definition) is 1. The van der Waals surface area contributed by atoms with Crippen molar-refractivity contribution in [1.29, 1.82) is 0 Å². The number of carbonyl (C=O) groups excluding carboxylic acids is 1. The Morgan fingerprint density at radius 3 is 2.33 bits per heavy atom. The van der Waals surface area contributed by atoms with Gasteiger partial charge in [0, 0.05) is 23.9 Å². The van der Waals surface area contributed by atoms with Gasteiger partial charge in [0.05, 0.1) is 0 Å². The molecule has 0 heterocycles. The summed E-state index contributed by atoms with van der Waals surface area (Å²) in [6.07, 6.45) is 3.69. The predicted molar refractivity (Wildman–Crippen MR) is 65.1 cm³/mol. The second-order valence-electron chi connectivity index (χ2n) is 5.16. The van der Waals surface area contributed by atoms with Crippen molar-refractivity contribution in [3.05, 3.63) is 35.4 Å². The zero-order valence-corrected chi connectivity index (χ0v) is 10.2. The first-order valence-electron chi connectivity index (χ1n) is 6.24. The summed E-state index contributed by atoms with van der Waals surface area (Å²) in [6.45, 7) is 0. The molecule has 0 aliphatic heterocycles. The SMILES string of the molecule is NC1(CC(=O)Cc2c(F)cccc2F)CCCC1. The Bertz CT molecular complexity index is 433. The maximum atomic E-state index is 13.4. The third kappa shape index (κ3) is 2.93. The Kier molecular flexibility index (Phi) is 3.76. The van der Waals surface area contributed by atoms with Crippen LogP contribution in [0.5, 0.6) is 0 Å². The van der Waals surface area contributed by atoms with Crippen molar-refractivity contribution in [2.75, 3.05) is 0 Å². The molecule has 0 bridgehead atoms. The Morgan fingerprint density at radius 2 is 1.78 bits per heavy atom. The Hall–Kier alpha value is -1.29. The second kappa shape index (κ2) is 5.14. The number of Topliss-reactive ketones (excluding diaryl/α,β-unsaturated/α-hetero) is 1. The molecule has 2 rings (SSSR count). The summed E-state index contributed by atoms with van der Waals surface area (Å²) in [5.41, 5.74) is 5.47. The Morgan fingerprint density at radius 1 is 1.22 bits per heavy atom. The van der Waals surface area contributed by atoms with E-state index in [0.717, 1.165) is 25.7 Å². The van der Waals surface area contributed by atoms with E-state index in [4.69, 9.17) is 5.73 Å². The minimum atomic E-state index is -0.666. The van der Waals surface area contributed by atoms with Crippen LogP contribution in [-0.2, 0) is 11.2 Å². The number of ketones is 1. The minimum Gasteiger partial charge on any atom is -0.325 e. The molecule has 0 amide bonds. The summed E-state index contributed by atoms with van der Waals surface area (Å²) in [4.78, 5) is 11.9. The average Bonchev–Trinajstić information content (AvgIpc) is 2.70. The number of rotatable bonds is 4.